The average Bonchev–Trinajstić information content (AvgIpc) is 3.10. The molecule has 7 nitrogen and oxygen atoms in total. The predicted octanol–water partition coefficient (Wildman–Crippen LogP) is 1.92. The number of hydrogen-bond donors (Lipinski definition) is 3. The van der Waals surface area contributed by atoms with E-state index in [-0.39, 0.29) is 5.91 Å². The molecule has 0 saturated carbocycles. The summed E-state index contributed by atoms with van der Waals surface area (Å²) in [5.41, 5.74) is 3.26. The lowest BCUT2D eigenvalue weighted by Gasteiger charge is -2.05. The second-order valence-electron chi connectivity index (χ2n) is 5.52. The molecule has 1 unspecified atom stereocenters. The molecule has 7 heteroatoms. The van der Waals surface area contributed by atoms with Crippen LogP contribution in [0.2, 0.25) is 0 Å². The molecule has 0 aliphatic heterocycles. The standard InChI is InChI=1S/C16H19N5O2/c1-10(22)16-19-13-5-3-11(9-14(13)20-16)18-15(23)6-4-12-7-8-17-21(12)2/h3,5,7-10,22H,4,6H2,1-2H3,(H,18,23)(H,19,20). The number of nitrogens with zero attached hydrogens (tertiary/aromatic N) is 3. The van der Waals surface area contributed by atoms with Crippen molar-refractivity contribution in [1.82, 2.24) is 19.7 Å². The van der Waals surface area contributed by atoms with Gasteiger partial charge in [0.25, 0.3) is 0 Å². The van der Waals surface area contributed by atoms with Gasteiger partial charge in [-0.1, -0.05) is 0 Å². The fourth-order valence-corrected chi connectivity index (χ4v) is 2.42. The Hall–Kier alpha value is -2.67. The van der Waals surface area contributed by atoms with Gasteiger partial charge in [0.2, 0.25) is 5.91 Å². The number of carbonyl (C=O) groups is 1. The summed E-state index contributed by atoms with van der Waals surface area (Å²) in [5.74, 6) is 0.459. The van der Waals surface area contributed by atoms with Crippen molar-refractivity contribution in [1.29, 1.82) is 0 Å². The number of benzene rings is 1. The van der Waals surface area contributed by atoms with Crippen molar-refractivity contribution < 1.29 is 9.90 Å². The molecular weight excluding hydrogens is 294 g/mol. The molecule has 2 heterocycles. The lowest BCUT2D eigenvalue weighted by Crippen LogP contribution is -2.13. The van der Waals surface area contributed by atoms with Crippen molar-refractivity contribution in [2.75, 3.05) is 5.32 Å². The third kappa shape index (κ3) is 3.40. The number of H-pyrrole nitrogens is 1. The van der Waals surface area contributed by atoms with E-state index in [1.807, 2.05) is 25.2 Å². The molecule has 1 aromatic carbocycles. The van der Waals surface area contributed by atoms with Gasteiger partial charge in [-0.15, -0.1) is 0 Å². The highest BCUT2D eigenvalue weighted by molar-refractivity contribution is 5.93. The number of rotatable bonds is 5. The number of imidazole rings is 1. The Morgan fingerprint density at radius 2 is 2.26 bits per heavy atom. The van der Waals surface area contributed by atoms with Crippen molar-refractivity contribution in [3.63, 3.8) is 0 Å². The maximum Gasteiger partial charge on any atom is 0.224 e. The number of fused-ring (bicyclic) bond motifs is 1. The van der Waals surface area contributed by atoms with Gasteiger partial charge in [0.05, 0.1) is 11.0 Å². The van der Waals surface area contributed by atoms with Crippen LogP contribution in [-0.4, -0.2) is 30.8 Å². The van der Waals surface area contributed by atoms with Crippen LogP contribution >= 0.6 is 0 Å². The van der Waals surface area contributed by atoms with E-state index >= 15 is 0 Å². The van der Waals surface area contributed by atoms with Crippen molar-refractivity contribution in [2.45, 2.75) is 25.9 Å². The molecule has 1 amide bonds. The van der Waals surface area contributed by atoms with Crippen LogP contribution in [-0.2, 0) is 18.3 Å². The molecule has 0 spiro atoms. The molecule has 3 aromatic rings. The van der Waals surface area contributed by atoms with Gasteiger partial charge in [-0.25, -0.2) is 4.98 Å². The van der Waals surface area contributed by atoms with Crippen LogP contribution in [0, 0.1) is 0 Å². The first-order valence-electron chi connectivity index (χ1n) is 7.47. The minimum Gasteiger partial charge on any atom is -0.385 e. The zero-order valence-corrected chi connectivity index (χ0v) is 13.1. The third-order valence-corrected chi connectivity index (χ3v) is 3.71. The van der Waals surface area contributed by atoms with Gasteiger partial charge in [-0.3, -0.25) is 9.48 Å². The van der Waals surface area contributed by atoms with Gasteiger partial charge in [0.15, 0.2) is 0 Å². The highest BCUT2D eigenvalue weighted by Crippen LogP contribution is 2.20. The molecule has 0 aliphatic rings. The van der Waals surface area contributed by atoms with Crippen LogP contribution in [0.15, 0.2) is 30.5 Å². The van der Waals surface area contributed by atoms with Gasteiger partial charge < -0.3 is 15.4 Å². The lowest BCUT2D eigenvalue weighted by atomic mass is 10.2. The molecule has 3 rings (SSSR count). The lowest BCUT2D eigenvalue weighted by molar-refractivity contribution is -0.116. The molecule has 0 bridgehead atoms. The molecule has 1 atom stereocenters. The van der Waals surface area contributed by atoms with Crippen molar-refractivity contribution in [3.05, 3.63) is 42.0 Å². The molecule has 0 radical (unpaired) electrons. The van der Waals surface area contributed by atoms with E-state index in [4.69, 9.17) is 0 Å². The second kappa shape index (κ2) is 6.21. The number of aryl methyl sites for hydroxylation is 2. The fourth-order valence-electron chi connectivity index (χ4n) is 2.42. The maximum absolute atomic E-state index is 12.1. The maximum atomic E-state index is 12.1. The van der Waals surface area contributed by atoms with Crippen LogP contribution in [0.3, 0.4) is 0 Å². The number of hydrogen-bond acceptors (Lipinski definition) is 4. The monoisotopic (exact) mass is 313 g/mol. The van der Waals surface area contributed by atoms with Crippen LogP contribution in [0.1, 0.15) is 31.0 Å². The van der Waals surface area contributed by atoms with Gasteiger partial charge in [0.1, 0.15) is 11.9 Å². The fraction of sp³-hybridized carbons (Fsp3) is 0.312. The first kappa shape index (κ1) is 15.2. The van der Waals surface area contributed by atoms with E-state index in [0.717, 1.165) is 16.7 Å². The quantitative estimate of drug-likeness (QED) is 0.670. The summed E-state index contributed by atoms with van der Waals surface area (Å²) in [6.07, 6.45) is 2.10. The summed E-state index contributed by atoms with van der Waals surface area (Å²) in [6.45, 7) is 1.65. The Labute approximate surface area is 133 Å². The normalized spacial score (nSPS) is 12.5. The summed E-state index contributed by atoms with van der Waals surface area (Å²) < 4.78 is 1.77. The molecule has 0 fully saturated rings. The SMILES string of the molecule is CC(O)c1nc2ccc(NC(=O)CCc3ccnn3C)cc2[nH]1. The minimum atomic E-state index is -0.653. The number of nitrogens with one attached hydrogen (secondary N) is 2. The number of amides is 1. The molecule has 3 N–H and O–H groups in total. The van der Waals surface area contributed by atoms with Crippen LogP contribution in [0.25, 0.3) is 11.0 Å². The highest BCUT2D eigenvalue weighted by Gasteiger charge is 2.09. The summed E-state index contributed by atoms with van der Waals surface area (Å²) in [4.78, 5) is 19.4. The summed E-state index contributed by atoms with van der Waals surface area (Å²) in [7, 11) is 1.86. The van der Waals surface area contributed by atoms with E-state index in [9.17, 15) is 9.90 Å². The number of aliphatic hydroxyl groups is 1. The van der Waals surface area contributed by atoms with Crippen LogP contribution < -0.4 is 5.32 Å². The summed E-state index contributed by atoms with van der Waals surface area (Å²) >= 11 is 0. The molecular formula is C16H19N5O2. The van der Waals surface area contributed by atoms with Crippen molar-refractivity contribution >= 4 is 22.6 Å². The Morgan fingerprint density at radius 1 is 1.43 bits per heavy atom. The van der Waals surface area contributed by atoms with E-state index in [1.165, 1.54) is 0 Å². The molecule has 0 saturated heterocycles. The first-order valence-corrected chi connectivity index (χ1v) is 7.47. The smallest absolute Gasteiger partial charge is 0.224 e. The number of carbonyl (C=O) groups excluding carboxylic acids is 1. The first-order chi connectivity index (χ1) is 11.0. The Balaban J connectivity index is 1.66. The van der Waals surface area contributed by atoms with E-state index in [0.29, 0.717) is 24.4 Å². The number of anilines is 1. The van der Waals surface area contributed by atoms with Crippen LogP contribution in [0.5, 0.6) is 0 Å². The third-order valence-electron chi connectivity index (χ3n) is 3.71. The topological polar surface area (TPSA) is 95.8 Å². The van der Waals surface area contributed by atoms with E-state index < -0.39 is 6.10 Å². The highest BCUT2D eigenvalue weighted by atomic mass is 16.3. The zero-order valence-electron chi connectivity index (χ0n) is 13.1. The number of aromatic nitrogens is 4. The predicted molar refractivity (Wildman–Crippen MR) is 86.9 cm³/mol. The zero-order chi connectivity index (χ0) is 16.4. The van der Waals surface area contributed by atoms with Gasteiger partial charge in [-0.2, -0.15) is 5.10 Å². The van der Waals surface area contributed by atoms with E-state index in [2.05, 4.69) is 20.4 Å². The molecule has 23 heavy (non-hydrogen) atoms. The minimum absolute atomic E-state index is 0.0548. The number of aromatic amines is 1. The number of aliphatic hydroxyl groups excluding tert-OH is 1. The van der Waals surface area contributed by atoms with Gasteiger partial charge in [-0.05, 0) is 37.6 Å². The van der Waals surface area contributed by atoms with E-state index in [1.54, 1.807) is 23.9 Å². The average molecular weight is 313 g/mol. The van der Waals surface area contributed by atoms with Crippen LogP contribution in [0.4, 0.5) is 5.69 Å². The molecule has 2 aromatic heterocycles. The van der Waals surface area contributed by atoms with Gasteiger partial charge >= 0.3 is 0 Å². The Kier molecular flexibility index (Phi) is 4.12. The van der Waals surface area contributed by atoms with Crippen molar-refractivity contribution in [3.8, 4) is 0 Å². The molecule has 120 valence electrons. The van der Waals surface area contributed by atoms with Gasteiger partial charge in [0, 0.05) is 31.0 Å². The Morgan fingerprint density at radius 3 is 2.96 bits per heavy atom. The second-order valence-corrected chi connectivity index (χ2v) is 5.52. The largest absolute Gasteiger partial charge is 0.385 e. The Bertz CT molecular complexity index is 834. The summed E-state index contributed by atoms with van der Waals surface area (Å²) in [5, 5.41) is 16.5. The molecule has 0 aliphatic carbocycles. The van der Waals surface area contributed by atoms with Crippen molar-refractivity contribution in [2.24, 2.45) is 7.05 Å². The summed E-state index contributed by atoms with van der Waals surface area (Å²) in [6, 6.07) is 7.34.